The lowest BCUT2D eigenvalue weighted by molar-refractivity contribution is 0.250. The number of hydrogen-bond acceptors (Lipinski definition) is 5. The minimum atomic E-state index is -0.0280. The van der Waals surface area contributed by atoms with Crippen LogP contribution in [0, 0.1) is 0 Å². The molecule has 1 aromatic rings. The topological polar surface area (TPSA) is 79.2 Å². The fourth-order valence-corrected chi connectivity index (χ4v) is 1.92. The molecule has 0 radical (unpaired) electrons. The Morgan fingerprint density at radius 1 is 0.882 bits per heavy atom. The number of benzene rings is 1. The molecule has 0 atom stereocenters. The van der Waals surface area contributed by atoms with Crippen LogP contribution in [0.5, 0.6) is 17.2 Å². The summed E-state index contributed by atoms with van der Waals surface area (Å²) in [4.78, 5) is 0. The van der Waals surface area contributed by atoms with Crippen molar-refractivity contribution >= 4 is 12.2 Å². The van der Waals surface area contributed by atoms with Gasteiger partial charge in [-0.05, 0) is 12.2 Å². The number of aromatic hydroxyl groups is 1. The highest BCUT2D eigenvalue weighted by Gasteiger charge is 2.24. The van der Waals surface area contributed by atoms with Gasteiger partial charge in [0.25, 0.3) is 0 Å². The van der Waals surface area contributed by atoms with Gasteiger partial charge in [0.1, 0.15) is 42.0 Å². The lowest BCUT2D eigenvalue weighted by Crippen LogP contribution is -2.12. The third-order valence-electron chi connectivity index (χ3n) is 2.66. The average molecular weight is 234 g/mol. The van der Waals surface area contributed by atoms with Gasteiger partial charge < -0.3 is 24.8 Å². The van der Waals surface area contributed by atoms with Crippen molar-refractivity contribution in [3.05, 3.63) is 28.7 Å². The SMILES string of the molecule is OC1=Cc2c(cc(O)c3c2OCC(O)=C3)OC1. The van der Waals surface area contributed by atoms with Gasteiger partial charge in [-0.3, -0.25) is 0 Å². The number of ether oxygens (including phenoxy) is 2. The zero-order valence-corrected chi connectivity index (χ0v) is 8.80. The molecule has 0 amide bonds. The Labute approximate surface area is 96.8 Å². The second-order valence-corrected chi connectivity index (χ2v) is 3.90. The van der Waals surface area contributed by atoms with E-state index >= 15 is 0 Å². The van der Waals surface area contributed by atoms with Crippen LogP contribution in [0.2, 0.25) is 0 Å². The summed E-state index contributed by atoms with van der Waals surface area (Å²) < 4.78 is 10.6. The average Bonchev–Trinajstić information content (AvgIpc) is 2.30. The molecule has 0 bridgehead atoms. The molecule has 0 aromatic heterocycles. The Hall–Kier alpha value is -2.30. The largest absolute Gasteiger partial charge is 0.509 e. The molecule has 1 aromatic carbocycles. The maximum atomic E-state index is 9.80. The Balaban J connectivity index is 2.27. The quantitative estimate of drug-likeness (QED) is 0.639. The molecule has 0 fully saturated rings. The molecule has 0 aliphatic carbocycles. The molecule has 5 nitrogen and oxygen atoms in total. The fraction of sp³-hybridized carbons (Fsp3) is 0.167. The normalized spacial score (nSPS) is 16.9. The smallest absolute Gasteiger partial charge is 0.145 e. The van der Waals surface area contributed by atoms with E-state index in [0.29, 0.717) is 22.6 Å². The van der Waals surface area contributed by atoms with Gasteiger partial charge >= 0.3 is 0 Å². The summed E-state index contributed by atoms with van der Waals surface area (Å²) in [6.07, 6.45) is 2.97. The van der Waals surface area contributed by atoms with E-state index in [9.17, 15) is 15.3 Å². The number of rotatable bonds is 0. The predicted octanol–water partition coefficient (Wildman–Crippen LogP) is 1.97. The first kappa shape index (κ1) is 9.89. The summed E-state index contributed by atoms with van der Waals surface area (Å²) in [6.45, 7) is 0.115. The first-order chi connectivity index (χ1) is 8.15. The number of fused-ring (bicyclic) bond motifs is 3. The van der Waals surface area contributed by atoms with Crippen LogP contribution in [-0.2, 0) is 0 Å². The highest BCUT2D eigenvalue weighted by Crippen LogP contribution is 2.44. The van der Waals surface area contributed by atoms with Crippen LogP contribution in [0.3, 0.4) is 0 Å². The van der Waals surface area contributed by atoms with Crippen LogP contribution in [0.1, 0.15) is 11.1 Å². The molecule has 2 aliphatic heterocycles. The molecule has 0 unspecified atom stereocenters. The molecule has 2 aliphatic rings. The molecule has 3 rings (SSSR count). The van der Waals surface area contributed by atoms with Crippen LogP contribution >= 0.6 is 0 Å². The third-order valence-corrected chi connectivity index (χ3v) is 2.66. The number of aliphatic hydroxyl groups excluding tert-OH is 2. The van der Waals surface area contributed by atoms with Gasteiger partial charge in [0.05, 0.1) is 11.1 Å². The summed E-state index contributed by atoms with van der Waals surface area (Å²) >= 11 is 0. The lowest BCUT2D eigenvalue weighted by atomic mass is 10.0. The standard InChI is InChI=1S/C12H10O5/c13-6-1-8-10(15)3-11-9(12(8)17-5-6)2-7(14)4-16-11/h1-3,13-15H,4-5H2. The van der Waals surface area contributed by atoms with E-state index in [4.69, 9.17) is 9.47 Å². The lowest BCUT2D eigenvalue weighted by Gasteiger charge is -2.23. The van der Waals surface area contributed by atoms with Gasteiger partial charge in [0.2, 0.25) is 0 Å². The van der Waals surface area contributed by atoms with E-state index in [-0.39, 0.29) is 30.5 Å². The van der Waals surface area contributed by atoms with Gasteiger partial charge in [-0.2, -0.15) is 0 Å². The zero-order valence-electron chi connectivity index (χ0n) is 8.80. The van der Waals surface area contributed by atoms with Crippen LogP contribution in [0.15, 0.2) is 17.6 Å². The van der Waals surface area contributed by atoms with Gasteiger partial charge in [0.15, 0.2) is 0 Å². The summed E-state index contributed by atoms with van der Waals surface area (Å²) in [6, 6.07) is 1.44. The molecule has 17 heavy (non-hydrogen) atoms. The first-order valence-corrected chi connectivity index (χ1v) is 5.10. The first-order valence-electron chi connectivity index (χ1n) is 5.10. The summed E-state index contributed by atoms with van der Waals surface area (Å²) in [7, 11) is 0. The number of hydrogen-bond donors (Lipinski definition) is 3. The maximum Gasteiger partial charge on any atom is 0.145 e. The fourth-order valence-electron chi connectivity index (χ4n) is 1.92. The van der Waals surface area contributed by atoms with Crippen molar-refractivity contribution in [2.45, 2.75) is 0 Å². The highest BCUT2D eigenvalue weighted by molar-refractivity contribution is 5.78. The Bertz CT molecular complexity index is 557. The monoisotopic (exact) mass is 234 g/mol. The molecule has 88 valence electrons. The van der Waals surface area contributed by atoms with E-state index in [1.807, 2.05) is 0 Å². The zero-order chi connectivity index (χ0) is 12.0. The van der Waals surface area contributed by atoms with E-state index in [2.05, 4.69) is 0 Å². The minimum absolute atomic E-state index is 0.0280. The second kappa shape index (κ2) is 3.35. The van der Waals surface area contributed by atoms with Crippen molar-refractivity contribution in [1.82, 2.24) is 0 Å². The molecule has 0 saturated carbocycles. The van der Waals surface area contributed by atoms with Gasteiger partial charge in [0, 0.05) is 6.07 Å². The van der Waals surface area contributed by atoms with E-state index in [1.165, 1.54) is 18.2 Å². The van der Waals surface area contributed by atoms with Crippen molar-refractivity contribution in [2.75, 3.05) is 13.2 Å². The Kier molecular flexibility index (Phi) is 1.95. The molecule has 0 saturated heterocycles. The van der Waals surface area contributed by atoms with Crippen molar-refractivity contribution in [2.24, 2.45) is 0 Å². The molecule has 3 N–H and O–H groups in total. The summed E-state index contributed by atoms with van der Waals surface area (Å²) in [5.74, 6) is 0.961. The maximum absolute atomic E-state index is 9.80. The van der Waals surface area contributed by atoms with E-state index in [1.54, 1.807) is 0 Å². The number of aliphatic hydroxyl groups is 2. The van der Waals surface area contributed by atoms with Crippen LogP contribution in [0.25, 0.3) is 12.2 Å². The molecule has 2 heterocycles. The van der Waals surface area contributed by atoms with Crippen molar-refractivity contribution in [3.8, 4) is 17.2 Å². The van der Waals surface area contributed by atoms with Crippen LogP contribution in [0.4, 0.5) is 0 Å². The van der Waals surface area contributed by atoms with Crippen LogP contribution < -0.4 is 9.47 Å². The predicted molar refractivity (Wildman–Crippen MR) is 60.3 cm³/mol. The molecule has 0 spiro atoms. The third kappa shape index (κ3) is 1.47. The molecule has 5 heteroatoms. The van der Waals surface area contributed by atoms with E-state index < -0.39 is 0 Å². The van der Waals surface area contributed by atoms with Crippen molar-refractivity contribution in [3.63, 3.8) is 0 Å². The summed E-state index contributed by atoms with van der Waals surface area (Å²) in [5, 5.41) is 28.6. The minimum Gasteiger partial charge on any atom is -0.509 e. The molecular weight excluding hydrogens is 224 g/mol. The van der Waals surface area contributed by atoms with Crippen LogP contribution in [-0.4, -0.2) is 28.5 Å². The van der Waals surface area contributed by atoms with Gasteiger partial charge in [-0.25, -0.2) is 0 Å². The van der Waals surface area contributed by atoms with Crippen molar-refractivity contribution < 1.29 is 24.8 Å². The highest BCUT2D eigenvalue weighted by atomic mass is 16.5. The molecular formula is C12H10O5. The summed E-state index contributed by atoms with van der Waals surface area (Å²) in [5.41, 5.74) is 0.965. The number of phenols is 1. The Morgan fingerprint density at radius 3 is 2.29 bits per heavy atom. The van der Waals surface area contributed by atoms with Gasteiger partial charge in [-0.15, -0.1) is 0 Å². The van der Waals surface area contributed by atoms with Crippen molar-refractivity contribution in [1.29, 1.82) is 0 Å². The van der Waals surface area contributed by atoms with Gasteiger partial charge in [-0.1, -0.05) is 0 Å². The van der Waals surface area contributed by atoms with E-state index in [0.717, 1.165) is 0 Å². The second-order valence-electron chi connectivity index (χ2n) is 3.90. The number of phenolic OH excluding ortho intramolecular Hbond substituents is 1. The Morgan fingerprint density at radius 2 is 1.53 bits per heavy atom.